The number of fused-ring (bicyclic) bond motifs is 2. The van der Waals surface area contributed by atoms with Crippen molar-refractivity contribution in [3.05, 3.63) is 90.0 Å². The van der Waals surface area contributed by atoms with Gasteiger partial charge in [-0.15, -0.1) is 0 Å². The molecule has 0 aliphatic rings. The minimum absolute atomic E-state index is 0.354. The predicted octanol–water partition coefficient (Wildman–Crippen LogP) is 2.93. The van der Waals surface area contributed by atoms with Gasteiger partial charge < -0.3 is 0 Å². The first-order valence-electron chi connectivity index (χ1n) is 11.0. The number of nitrogens with zero attached hydrogens (tertiary/aromatic N) is 12. The zero-order chi connectivity index (χ0) is 24.9. The van der Waals surface area contributed by atoms with Crippen LogP contribution >= 0.6 is 0 Å². The maximum absolute atomic E-state index is 8.09. The van der Waals surface area contributed by atoms with Crippen LogP contribution in [0.25, 0.3) is 38.9 Å². The SMILES string of the molecule is [C-]#[N+]C(C)(c1cccc(-n2cnc3c(C)ncnc32)n1)c1ccnc(-n2cnc3c(C)ncnc32)n1. The lowest BCUT2D eigenvalue weighted by Gasteiger charge is -2.17. The van der Waals surface area contributed by atoms with Crippen LogP contribution in [-0.4, -0.2) is 54.0 Å². The number of hydrogen-bond acceptors (Lipinski definition) is 9. The number of pyridine rings is 1. The number of rotatable bonds is 4. The summed E-state index contributed by atoms with van der Waals surface area (Å²) in [6, 6.07) is 7.23. The number of imidazole rings is 2. The molecular formula is C24H18N12. The minimum atomic E-state index is -1.18. The average Bonchev–Trinajstić information content (AvgIpc) is 3.55. The van der Waals surface area contributed by atoms with Gasteiger partial charge in [-0.3, -0.25) is 14.0 Å². The van der Waals surface area contributed by atoms with Gasteiger partial charge in [0, 0.05) is 13.1 Å². The van der Waals surface area contributed by atoms with E-state index in [0.717, 1.165) is 11.4 Å². The summed E-state index contributed by atoms with van der Waals surface area (Å²) in [7, 11) is 0. The van der Waals surface area contributed by atoms with Gasteiger partial charge in [0.1, 0.15) is 53.5 Å². The monoisotopic (exact) mass is 474 g/mol. The second-order valence-electron chi connectivity index (χ2n) is 8.30. The van der Waals surface area contributed by atoms with Crippen molar-refractivity contribution in [2.75, 3.05) is 0 Å². The molecule has 6 rings (SSSR count). The van der Waals surface area contributed by atoms with E-state index in [1.54, 1.807) is 41.0 Å². The lowest BCUT2D eigenvalue weighted by molar-refractivity contribution is 0.651. The Morgan fingerprint density at radius 1 is 0.750 bits per heavy atom. The summed E-state index contributed by atoms with van der Waals surface area (Å²) in [4.78, 5) is 43.8. The summed E-state index contributed by atoms with van der Waals surface area (Å²) in [6.07, 6.45) is 7.86. The molecule has 6 heterocycles. The largest absolute Gasteiger partial charge is 0.312 e. The molecule has 6 aromatic heterocycles. The van der Waals surface area contributed by atoms with Crippen LogP contribution in [-0.2, 0) is 5.54 Å². The molecule has 0 bridgehead atoms. The zero-order valence-corrected chi connectivity index (χ0v) is 19.6. The van der Waals surface area contributed by atoms with Gasteiger partial charge in [0.25, 0.3) is 0 Å². The lowest BCUT2D eigenvalue weighted by Crippen LogP contribution is -2.23. The van der Waals surface area contributed by atoms with E-state index in [1.807, 2.05) is 32.0 Å². The summed E-state index contributed by atoms with van der Waals surface area (Å²) in [5, 5.41) is 0. The fourth-order valence-electron chi connectivity index (χ4n) is 4.03. The van der Waals surface area contributed by atoms with Crippen LogP contribution in [0.15, 0.2) is 55.8 Å². The third-order valence-electron chi connectivity index (χ3n) is 6.09. The molecule has 0 aliphatic carbocycles. The summed E-state index contributed by atoms with van der Waals surface area (Å²) in [5.74, 6) is 0.942. The van der Waals surface area contributed by atoms with Crippen molar-refractivity contribution in [1.29, 1.82) is 0 Å². The Morgan fingerprint density at radius 2 is 1.39 bits per heavy atom. The molecule has 6 aromatic rings. The third kappa shape index (κ3) is 3.17. The highest BCUT2D eigenvalue weighted by Gasteiger charge is 2.39. The first-order valence-corrected chi connectivity index (χ1v) is 11.0. The molecule has 0 saturated heterocycles. The maximum Gasteiger partial charge on any atom is 0.312 e. The number of aryl methyl sites for hydroxylation is 2. The highest BCUT2D eigenvalue weighted by Crippen LogP contribution is 2.32. The molecule has 0 aliphatic heterocycles. The lowest BCUT2D eigenvalue weighted by atomic mass is 9.93. The van der Waals surface area contributed by atoms with E-state index in [9.17, 15) is 0 Å². The van der Waals surface area contributed by atoms with Crippen molar-refractivity contribution in [3.8, 4) is 11.8 Å². The summed E-state index contributed by atoms with van der Waals surface area (Å²) in [5.41, 5.74) is 3.98. The van der Waals surface area contributed by atoms with E-state index in [1.165, 1.54) is 12.7 Å². The van der Waals surface area contributed by atoms with Gasteiger partial charge in [-0.1, -0.05) is 6.07 Å². The highest BCUT2D eigenvalue weighted by molar-refractivity contribution is 5.75. The molecule has 0 amide bonds. The Balaban J connectivity index is 1.46. The van der Waals surface area contributed by atoms with E-state index < -0.39 is 5.54 Å². The molecule has 0 aromatic carbocycles. The van der Waals surface area contributed by atoms with Crippen LogP contribution in [0.1, 0.15) is 29.7 Å². The Bertz CT molecular complexity index is 1690. The molecule has 1 atom stereocenters. The van der Waals surface area contributed by atoms with E-state index >= 15 is 0 Å². The van der Waals surface area contributed by atoms with Crippen molar-refractivity contribution in [3.63, 3.8) is 0 Å². The Hall–Kier alpha value is -5.18. The van der Waals surface area contributed by atoms with Gasteiger partial charge in [0.15, 0.2) is 11.3 Å². The van der Waals surface area contributed by atoms with Crippen LogP contribution in [0, 0.1) is 20.4 Å². The van der Waals surface area contributed by atoms with Gasteiger partial charge in [0.2, 0.25) is 5.95 Å². The van der Waals surface area contributed by atoms with Crippen molar-refractivity contribution in [1.82, 2.24) is 54.0 Å². The summed E-state index contributed by atoms with van der Waals surface area (Å²) >= 11 is 0. The molecule has 0 fully saturated rings. The normalized spacial score (nSPS) is 13.1. The van der Waals surface area contributed by atoms with E-state index in [2.05, 4.69) is 39.7 Å². The average molecular weight is 474 g/mol. The van der Waals surface area contributed by atoms with E-state index in [0.29, 0.717) is 45.5 Å². The van der Waals surface area contributed by atoms with Crippen molar-refractivity contribution < 1.29 is 0 Å². The van der Waals surface area contributed by atoms with Crippen LogP contribution in [0.4, 0.5) is 0 Å². The van der Waals surface area contributed by atoms with Crippen LogP contribution in [0.2, 0.25) is 0 Å². The molecule has 12 nitrogen and oxygen atoms in total. The van der Waals surface area contributed by atoms with Crippen LogP contribution in [0.5, 0.6) is 0 Å². The molecule has 0 radical (unpaired) electrons. The quantitative estimate of drug-likeness (QED) is 0.354. The molecular weight excluding hydrogens is 456 g/mol. The van der Waals surface area contributed by atoms with Crippen LogP contribution < -0.4 is 0 Å². The fourth-order valence-corrected chi connectivity index (χ4v) is 4.03. The first-order chi connectivity index (χ1) is 17.5. The van der Waals surface area contributed by atoms with Crippen LogP contribution in [0.3, 0.4) is 0 Å². The standard InChI is InChI=1S/C24H18N12/c1-14-19-21(29-10-27-14)35(12-31-19)18-7-5-6-16(33-18)24(3,25-4)17-8-9-26-23(34-17)36-13-32-20-15(2)28-11-30-22(20)36/h5-13H,1-3H3. The summed E-state index contributed by atoms with van der Waals surface area (Å²) in [6.45, 7) is 13.6. The smallest absolute Gasteiger partial charge is 0.297 e. The second-order valence-corrected chi connectivity index (χ2v) is 8.30. The van der Waals surface area contributed by atoms with Gasteiger partial charge in [-0.05, 0) is 32.0 Å². The van der Waals surface area contributed by atoms with Gasteiger partial charge in [-0.25, -0.2) is 51.4 Å². The van der Waals surface area contributed by atoms with E-state index in [4.69, 9.17) is 16.5 Å². The number of aromatic nitrogens is 11. The second kappa shape index (κ2) is 7.95. The molecule has 0 N–H and O–H groups in total. The maximum atomic E-state index is 8.09. The fraction of sp³-hybridized carbons (Fsp3) is 0.167. The van der Waals surface area contributed by atoms with E-state index in [-0.39, 0.29) is 0 Å². The van der Waals surface area contributed by atoms with Gasteiger partial charge in [0.05, 0.1) is 11.4 Å². The Labute approximate surface area is 204 Å². The molecule has 174 valence electrons. The highest BCUT2D eigenvalue weighted by atomic mass is 15.2. The molecule has 1 unspecified atom stereocenters. The molecule has 12 heteroatoms. The van der Waals surface area contributed by atoms with Crippen molar-refractivity contribution in [2.45, 2.75) is 26.3 Å². The van der Waals surface area contributed by atoms with Gasteiger partial charge in [-0.2, -0.15) is 0 Å². The number of hydrogen-bond donors (Lipinski definition) is 0. The minimum Gasteiger partial charge on any atom is -0.297 e. The molecule has 0 saturated carbocycles. The Kier molecular flexibility index (Phi) is 4.72. The van der Waals surface area contributed by atoms with Crippen molar-refractivity contribution >= 4 is 22.3 Å². The Morgan fingerprint density at radius 3 is 2.08 bits per heavy atom. The van der Waals surface area contributed by atoms with Crippen molar-refractivity contribution in [2.24, 2.45) is 0 Å². The zero-order valence-electron chi connectivity index (χ0n) is 19.6. The molecule has 36 heavy (non-hydrogen) atoms. The topological polar surface area (TPSA) is 130 Å². The summed E-state index contributed by atoms with van der Waals surface area (Å²) < 4.78 is 3.46. The third-order valence-corrected chi connectivity index (χ3v) is 6.09. The predicted molar refractivity (Wildman–Crippen MR) is 129 cm³/mol. The molecule has 0 spiro atoms. The first kappa shape index (κ1) is 21.4. The van der Waals surface area contributed by atoms with Gasteiger partial charge >= 0.3 is 5.54 Å².